The lowest BCUT2D eigenvalue weighted by Crippen LogP contribution is -2.45. The van der Waals surface area contributed by atoms with Crippen LogP contribution in [0.4, 0.5) is 0 Å². The molecular weight excluding hydrogens is 417 g/mol. The fourth-order valence-electron chi connectivity index (χ4n) is 4.09. The zero-order chi connectivity index (χ0) is 24.1. The predicted octanol–water partition coefficient (Wildman–Crippen LogP) is 8.61. The second-order valence-corrected chi connectivity index (χ2v) is 12.1. The summed E-state index contributed by atoms with van der Waals surface area (Å²) in [5.74, 6) is -0.338. The summed E-state index contributed by atoms with van der Waals surface area (Å²) in [6.07, 6.45) is 26.9. The SMILES string of the molecule is C=CCCCCCCC=CCCCCCCCCCCOP(=O)(O)C(CCC)[N+](C)(C)C. The average Bonchev–Trinajstić information content (AvgIpc) is 2.72. The Balaban J connectivity index is 3.55. The second-order valence-electron chi connectivity index (χ2n) is 10.2. The third kappa shape index (κ3) is 18.1. The monoisotopic (exact) mass is 472 g/mol. The summed E-state index contributed by atoms with van der Waals surface area (Å²) < 4.78 is 18.6. The molecule has 190 valence electrons. The van der Waals surface area contributed by atoms with E-state index in [-0.39, 0.29) is 5.78 Å². The average molecular weight is 473 g/mol. The molecule has 4 nitrogen and oxygen atoms in total. The van der Waals surface area contributed by atoms with E-state index in [9.17, 15) is 9.46 Å². The molecule has 0 aromatic carbocycles. The van der Waals surface area contributed by atoms with Crippen molar-refractivity contribution < 1.29 is 18.5 Å². The Bertz CT molecular complexity index is 514. The van der Waals surface area contributed by atoms with Crippen molar-refractivity contribution in [1.29, 1.82) is 0 Å². The highest BCUT2D eigenvalue weighted by Crippen LogP contribution is 2.51. The lowest BCUT2D eigenvalue weighted by Gasteiger charge is -2.35. The molecule has 0 aliphatic carbocycles. The Morgan fingerprint density at radius 1 is 0.812 bits per heavy atom. The fourth-order valence-corrected chi connectivity index (χ4v) is 6.12. The third-order valence-corrected chi connectivity index (χ3v) is 8.31. The van der Waals surface area contributed by atoms with E-state index in [2.05, 4.69) is 18.7 Å². The van der Waals surface area contributed by atoms with Gasteiger partial charge in [-0.2, -0.15) is 0 Å². The van der Waals surface area contributed by atoms with Gasteiger partial charge in [-0.3, -0.25) is 4.57 Å². The van der Waals surface area contributed by atoms with Gasteiger partial charge in [-0.1, -0.05) is 76.5 Å². The largest absolute Gasteiger partial charge is 0.385 e. The maximum atomic E-state index is 12.6. The van der Waals surface area contributed by atoms with E-state index in [0.717, 1.165) is 25.7 Å². The molecule has 1 N–H and O–H groups in total. The smallest absolute Gasteiger partial charge is 0.320 e. The number of hydrogen-bond donors (Lipinski definition) is 1. The molecule has 0 aromatic heterocycles. The molecule has 0 saturated heterocycles. The zero-order valence-electron chi connectivity index (χ0n) is 21.9. The van der Waals surface area contributed by atoms with E-state index in [1.165, 1.54) is 77.0 Å². The number of rotatable bonds is 23. The minimum atomic E-state index is -3.57. The Labute approximate surface area is 200 Å². The molecule has 2 atom stereocenters. The lowest BCUT2D eigenvalue weighted by atomic mass is 10.1. The Hall–Kier alpha value is -0.410. The van der Waals surface area contributed by atoms with E-state index >= 15 is 0 Å². The van der Waals surface area contributed by atoms with Crippen LogP contribution in [0.5, 0.6) is 0 Å². The molecule has 0 heterocycles. The van der Waals surface area contributed by atoms with Crippen molar-refractivity contribution in [2.75, 3.05) is 27.7 Å². The maximum Gasteiger partial charge on any atom is 0.385 e. The summed E-state index contributed by atoms with van der Waals surface area (Å²) in [6.45, 7) is 6.21. The molecular formula is C27H55NO3P+. The van der Waals surface area contributed by atoms with Crippen LogP contribution in [-0.4, -0.2) is 42.9 Å². The van der Waals surface area contributed by atoms with Crippen molar-refractivity contribution >= 4 is 7.60 Å². The van der Waals surface area contributed by atoms with Crippen molar-refractivity contribution in [2.45, 2.75) is 122 Å². The van der Waals surface area contributed by atoms with Crippen LogP contribution >= 0.6 is 7.60 Å². The topological polar surface area (TPSA) is 46.5 Å². The zero-order valence-corrected chi connectivity index (χ0v) is 22.8. The van der Waals surface area contributed by atoms with Crippen LogP contribution in [0.1, 0.15) is 116 Å². The molecule has 0 fully saturated rings. The Morgan fingerprint density at radius 3 is 1.69 bits per heavy atom. The van der Waals surface area contributed by atoms with Gasteiger partial charge in [0.2, 0.25) is 0 Å². The third-order valence-electron chi connectivity index (χ3n) is 6.05. The maximum absolute atomic E-state index is 12.6. The molecule has 32 heavy (non-hydrogen) atoms. The highest BCUT2D eigenvalue weighted by Gasteiger charge is 2.41. The predicted molar refractivity (Wildman–Crippen MR) is 141 cm³/mol. The normalized spacial score (nSPS) is 15.2. The van der Waals surface area contributed by atoms with Gasteiger partial charge in [0.05, 0.1) is 27.7 Å². The van der Waals surface area contributed by atoms with Gasteiger partial charge in [-0.15, -0.1) is 6.58 Å². The van der Waals surface area contributed by atoms with E-state index in [1.807, 2.05) is 34.1 Å². The van der Waals surface area contributed by atoms with Crippen LogP contribution in [0.15, 0.2) is 24.8 Å². The van der Waals surface area contributed by atoms with Gasteiger partial charge < -0.3 is 13.9 Å². The minimum absolute atomic E-state index is 0.338. The quantitative estimate of drug-likeness (QED) is 0.0700. The van der Waals surface area contributed by atoms with Crippen molar-refractivity contribution in [3.63, 3.8) is 0 Å². The number of hydrogen-bond acceptors (Lipinski definition) is 2. The van der Waals surface area contributed by atoms with Crippen molar-refractivity contribution in [3.05, 3.63) is 24.8 Å². The molecule has 5 heteroatoms. The van der Waals surface area contributed by atoms with Gasteiger partial charge in [-0.05, 0) is 51.4 Å². The molecule has 2 unspecified atom stereocenters. The standard InChI is InChI=1S/C27H54NO3P/c1-6-8-9-10-11-12-13-14-15-16-17-18-19-20-21-22-23-24-26-31-32(29,30)27(25-7-2)28(3,4)5/h6,14-15,27H,1,7-13,16-26H2,2-5H3/p+1. The van der Waals surface area contributed by atoms with Crippen molar-refractivity contribution in [3.8, 4) is 0 Å². The van der Waals surface area contributed by atoms with Crippen molar-refractivity contribution in [1.82, 2.24) is 0 Å². The van der Waals surface area contributed by atoms with E-state index in [4.69, 9.17) is 4.52 Å². The molecule has 0 bridgehead atoms. The number of quaternary nitrogens is 1. The number of nitrogens with zero attached hydrogens (tertiary/aromatic N) is 1. The molecule has 0 saturated carbocycles. The summed E-state index contributed by atoms with van der Waals surface area (Å²) in [4.78, 5) is 10.4. The Morgan fingerprint density at radius 2 is 1.25 bits per heavy atom. The number of unbranched alkanes of at least 4 members (excludes halogenated alkanes) is 13. The highest BCUT2D eigenvalue weighted by molar-refractivity contribution is 7.53. The lowest BCUT2D eigenvalue weighted by molar-refractivity contribution is -0.883. The molecule has 0 amide bonds. The summed E-state index contributed by atoms with van der Waals surface area (Å²) in [5.41, 5.74) is 0. The van der Waals surface area contributed by atoms with Crippen LogP contribution in [0.25, 0.3) is 0 Å². The molecule has 0 aromatic rings. The fraction of sp³-hybridized carbons (Fsp3) is 0.852. The molecule has 0 rings (SSSR count). The van der Waals surface area contributed by atoms with Gasteiger partial charge >= 0.3 is 7.60 Å². The molecule has 0 spiro atoms. The van der Waals surface area contributed by atoms with Gasteiger partial charge in [0.1, 0.15) is 0 Å². The van der Waals surface area contributed by atoms with E-state index in [0.29, 0.717) is 17.5 Å². The second kappa shape index (κ2) is 20.0. The van der Waals surface area contributed by atoms with Gasteiger partial charge in [0.15, 0.2) is 5.78 Å². The molecule has 0 aliphatic rings. The van der Waals surface area contributed by atoms with E-state index < -0.39 is 7.60 Å². The first-order valence-electron chi connectivity index (χ1n) is 13.3. The van der Waals surface area contributed by atoms with Gasteiger partial charge in [0.25, 0.3) is 0 Å². The van der Waals surface area contributed by atoms with Crippen LogP contribution in [0.2, 0.25) is 0 Å². The molecule has 0 radical (unpaired) electrons. The first-order chi connectivity index (χ1) is 15.3. The minimum Gasteiger partial charge on any atom is -0.320 e. The van der Waals surface area contributed by atoms with Crippen LogP contribution < -0.4 is 0 Å². The highest BCUT2D eigenvalue weighted by atomic mass is 31.2. The van der Waals surface area contributed by atoms with Crippen molar-refractivity contribution in [2.24, 2.45) is 0 Å². The van der Waals surface area contributed by atoms with Crippen LogP contribution in [-0.2, 0) is 9.09 Å². The summed E-state index contributed by atoms with van der Waals surface area (Å²) in [5, 5.41) is 0. The van der Waals surface area contributed by atoms with Crippen LogP contribution in [0, 0.1) is 0 Å². The van der Waals surface area contributed by atoms with Gasteiger partial charge in [0, 0.05) is 6.42 Å². The Kier molecular flexibility index (Phi) is 19.7. The summed E-state index contributed by atoms with van der Waals surface area (Å²) >= 11 is 0. The van der Waals surface area contributed by atoms with Crippen LogP contribution in [0.3, 0.4) is 0 Å². The molecule has 0 aliphatic heterocycles. The summed E-state index contributed by atoms with van der Waals surface area (Å²) in [6, 6.07) is 0. The first kappa shape index (κ1) is 31.6. The first-order valence-corrected chi connectivity index (χ1v) is 14.9. The number of allylic oxidation sites excluding steroid dienone is 3. The van der Waals surface area contributed by atoms with Gasteiger partial charge in [-0.25, -0.2) is 0 Å². The van der Waals surface area contributed by atoms with E-state index in [1.54, 1.807) is 0 Å². The summed E-state index contributed by atoms with van der Waals surface area (Å²) in [7, 11) is 2.34.